The highest BCUT2D eigenvalue weighted by atomic mass is 16.3. The minimum atomic E-state index is -0.840. The van der Waals surface area contributed by atoms with Gasteiger partial charge in [0, 0.05) is 23.1 Å². The average Bonchev–Trinajstić information content (AvgIpc) is 3.30. The van der Waals surface area contributed by atoms with Gasteiger partial charge in [0.1, 0.15) is 0 Å². The predicted molar refractivity (Wildman–Crippen MR) is 188 cm³/mol. The molecule has 0 radical (unpaired) electrons. The molecule has 4 heteroatoms. The van der Waals surface area contributed by atoms with E-state index in [0.29, 0.717) is 24.9 Å². The van der Waals surface area contributed by atoms with Crippen LogP contribution in [0.3, 0.4) is 0 Å². The molecule has 3 aromatic rings. The van der Waals surface area contributed by atoms with Crippen molar-refractivity contribution in [1.82, 2.24) is 4.90 Å². The fraction of sp³-hybridized carbons (Fsp3) is 0.500. The van der Waals surface area contributed by atoms with Gasteiger partial charge < -0.3 is 15.1 Å². The number of allylic oxidation sites excluding steroid dienone is 2. The average molecular weight is 620 g/mol. The van der Waals surface area contributed by atoms with Gasteiger partial charge in [-0.2, -0.15) is 0 Å². The van der Waals surface area contributed by atoms with E-state index in [2.05, 4.69) is 55.2 Å². The Balaban J connectivity index is 1.44. The minimum Gasteiger partial charge on any atom is -0.393 e. The third kappa shape index (κ3) is 6.95. The standard InChI is InChI=1S/C42H53NO3/c1-31-14-13-24-41(2)39(23-25-42(41,46)30-43-26-11-4-3-5-12-27-43)36-22-20-32(28-34(44)21-19-31)29-38(36)40(45)37-18-10-9-17-35(37)33-15-7-6-8-16-33/h6-10,14-18,20,22,29,34,39,44,46H,3-5,11-13,19,21,23-28,30H2,1-2H3. The molecule has 1 saturated heterocycles. The van der Waals surface area contributed by atoms with Gasteiger partial charge in [-0.15, -0.1) is 0 Å². The molecule has 4 aliphatic rings. The molecule has 0 spiro atoms. The molecule has 4 nitrogen and oxygen atoms in total. The van der Waals surface area contributed by atoms with Crippen LogP contribution >= 0.6 is 0 Å². The number of rotatable bonds is 5. The number of β-amino-alcohol motifs (C(OH)–C–C–N with tert-alkyl or cyclic N) is 1. The van der Waals surface area contributed by atoms with E-state index in [9.17, 15) is 15.0 Å². The highest BCUT2D eigenvalue weighted by Crippen LogP contribution is 2.59. The van der Waals surface area contributed by atoms with Gasteiger partial charge in [0.25, 0.3) is 0 Å². The van der Waals surface area contributed by atoms with Gasteiger partial charge in [-0.3, -0.25) is 4.79 Å². The van der Waals surface area contributed by atoms with Crippen LogP contribution in [0, 0.1) is 5.41 Å². The maximum atomic E-state index is 14.8. The number of aliphatic hydroxyl groups is 2. The molecule has 0 aromatic heterocycles. The van der Waals surface area contributed by atoms with Gasteiger partial charge in [-0.05, 0) is 112 Å². The number of ketones is 1. The van der Waals surface area contributed by atoms with Crippen LogP contribution in [0.15, 0.2) is 84.4 Å². The number of aliphatic hydroxyl groups excluding tert-OH is 1. The first-order chi connectivity index (χ1) is 22.3. The van der Waals surface area contributed by atoms with Gasteiger partial charge in [0.15, 0.2) is 5.78 Å². The summed E-state index contributed by atoms with van der Waals surface area (Å²) in [6, 6.07) is 24.5. The summed E-state index contributed by atoms with van der Waals surface area (Å²) in [5, 5.41) is 23.8. The molecule has 46 heavy (non-hydrogen) atoms. The van der Waals surface area contributed by atoms with Crippen molar-refractivity contribution in [3.63, 3.8) is 0 Å². The minimum absolute atomic E-state index is 0.0233. The molecule has 4 unspecified atom stereocenters. The van der Waals surface area contributed by atoms with Gasteiger partial charge >= 0.3 is 0 Å². The first-order valence-electron chi connectivity index (χ1n) is 17.9. The van der Waals surface area contributed by atoms with Crippen molar-refractivity contribution in [3.05, 3.63) is 107 Å². The van der Waals surface area contributed by atoms with Crippen LogP contribution < -0.4 is 0 Å². The van der Waals surface area contributed by atoms with Crippen molar-refractivity contribution in [2.75, 3.05) is 19.6 Å². The third-order valence-corrected chi connectivity index (χ3v) is 11.6. The highest BCUT2D eigenvalue weighted by molar-refractivity contribution is 6.13. The first kappa shape index (κ1) is 32.9. The molecule has 0 amide bonds. The second-order valence-electron chi connectivity index (χ2n) is 14.7. The van der Waals surface area contributed by atoms with Gasteiger partial charge in [0.05, 0.1) is 11.7 Å². The van der Waals surface area contributed by atoms with E-state index in [1.54, 1.807) is 0 Å². The van der Waals surface area contributed by atoms with Crippen LogP contribution in [-0.4, -0.2) is 52.2 Å². The number of benzene rings is 3. The maximum absolute atomic E-state index is 14.8. The molecular formula is C42H53NO3. The lowest BCUT2D eigenvalue weighted by Gasteiger charge is -2.46. The summed E-state index contributed by atoms with van der Waals surface area (Å²) in [7, 11) is 0. The molecular weight excluding hydrogens is 566 g/mol. The van der Waals surface area contributed by atoms with Gasteiger partial charge in [0.2, 0.25) is 0 Å². The van der Waals surface area contributed by atoms with E-state index >= 15 is 0 Å². The van der Waals surface area contributed by atoms with E-state index in [0.717, 1.165) is 73.0 Å². The fourth-order valence-electron chi connectivity index (χ4n) is 8.73. The third-order valence-electron chi connectivity index (χ3n) is 11.6. The van der Waals surface area contributed by atoms with Crippen molar-refractivity contribution < 1.29 is 15.0 Å². The Morgan fingerprint density at radius 3 is 2.37 bits per heavy atom. The second kappa shape index (κ2) is 14.4. The van der Waals surface area contributed by atoms with Gasteiger partial charge in [-0.1, -0.05) is 105 Å². The number of likely N-dealkylation sites (tertiary alicyclic amines) is 1. The summed E-state index contributed by atoms with van der Waals surface area (Å²) in [5.74, 6) is 0.0703. The van der Waals surface area contributed by atoms with E-state index in [1.807, 2.05) is 42.5 Å². The monoisotopic (exact) mass is 619 g/mol. The quantitative estimate of drug-likeness (QED) is 0.221. The molecule has 7 rings (SSSR count). The van der Waals surface area contributed by atoms with Crippen molar-refractivity contribution >= 4 is 5.78 Å². The topological polar surface area (TPSA) is 60.8 Å². The Morgan fingerprint density at radius 2 is 1.59 bits per heavy atom. The Morgan fingerprint density at radius 1 is 0.870 bits per heavy atom. The summed E-state index contributed by atoms with van der Waals surface area (Å²) in [5.41, 5.74) is 5.49. The van der Waals surface area contributed by atoms with Crippen LogP contribution in [0.5, 0.6) is 0 Å². The van der Waals surface area contributed by atoms with E-state index in [4.69, 9.17) is 0 Å². The zero-order valence-corrected chi connectivity index (χ0v) is 28.0. The molecule has 2 fully saturated rings. The van der Waals surface area contributed by atoms with E-state index in [-0.39, 0.29) is 11.7 Å². The summed E-state index contributed by atoms with van der Waals surface area (Å²) in [4.78, 5) is 17.3. The second-order valence-corrected chi connectivity index (χ2v) is 14.7. The summed E-state index contributed by atoms with van der Waals surface area (Å²) < 4.78 is 0. The summed E-state index contributed by atoms with van der Waals surface area (Å²) in [6.45, 7) is 7.30. The number of hydrogen-bond donors (Lipinski definition) is 2. The Bertz CT molecular complexity index is 1520. The Hall–Kier alpha value is -3.05. The Labute approximate surface area is 276 Å². The Kier molecular flexibility index (Phi) is 10.3. The molecule has 4 atom stereocenters. The van der Waals surface area contributed by atoms with Crippen LogP contribution in [0.4, 0.5) is 0 Å². The van der Waals surface area contributed by atoms with Crippen molar-refractivity contribution in [3.8, 4) is 11.1 Å². The van der Waals surface area contributed by atoms with Crippen molar-refractivity contribution in [2.24, 2.45) is 5.41 Å². The lowest BCUT2D eigenvalue weighted by molar-refractivity contribution is -0.0843. The summed E-state index contributed by atoms with van der Waals surface area (Å²) >= 11 is 0. The number of nitrogens with zero attached hydrogens (tertiary/aromatic N) is 1. The SMILES string of the molecule is CC1=CCCC2(C)C(CCC2(O)CN2CCCCCCC2)c2ccc(cc2C(=O)c2ccccc2-c2ccccc2)CC(O)CC1. The van der Waals surface area contributed by atoms with Crippen LogP contribution in [0.1, 0.15) is 117 Å². The molecule has 3 aliphatic carbocycles. The molecule has 1 aliphatic heterocycles. The zero-order valence-electron chi connectivity index (χ0n) is 28.0. The smallest absolute Gasteiger partial charge is 0.193 e. The predicted octanol–water partition coefficient (Wildman–Crippen LogP) is 8.89. The molecule has 2 N–H and O–H groups in total. The highest BCUT2D eigenvalue weighted by Gasteiger charge is 2.57. The largest absolute Gasteiger partial charge is 0.393 e. The number of carbonyl (C=O) groups is 1. The fourth-order valence-corrected chi connectivity index (χ4v) is 8.73. The van der Waals surface area contributed by atoms with Crippen molar-refractivity contribution in [2.45, 2.75) is 109 Å². The molecule has 1 saturated carbocycles. The van der Waals surface area contributed by atoms with E-state index in [1.165, 1.54) is 37.7 Å². The first-order valence-corrected chi connectivity index (χ1v) is 17.9. The molecule has 244 valence electrons. The van der Waals surface area contributed by atoms with Gasteiger partial charge in [-0.25, -0.2) is 0 Å². The van der Waals surface area contributed by atoms with E-state index < -0.39 is 17.1 Å². The molecule has 2 bridgehead atoms. The molecule has 3 aromatic carbocycles. The number of hydrogen-bond acceptors (Lipinski definition) is 4. The number of carbonyl (C=O) groups excluding carboxylic acids is 1. The lowest BCUT2D eigenvalue weighted by atomic mass is 9.64. The van der Waals surface area contributed by atoms with Crippen LogP contribution in [-0.2, 0) is 6.42 Å². The van der Waals surface area contributed by atoms with Crippen LogP contribution in [0.2, 0.25) is 0 Å². The maximum Gasteiger partial charge on any atom is 0.193 e. The normalized spacial score (nSPS) is 28.0. The number of fused-ring (bicyclic) bond motifs is 8. The lowest BCUT2D eigenvalue weighted by Crippen LogP contribution is -2.53. The van der Waals surface area contributed by atoms with Crippen LogP contribution in [0.25, 0.3) is 11.1 Å². The zero-order chi connectivity index (χ0) is 32.1. The molecule has 1 heterocycles. The van der Waals surface area contributed by atoms with Crippen molar-refractivity contribution in [1.29, 1.82) is 0 Å². The summed E-state index contributed by atoms with van der Waals surface area (Å²) in [6.07, 6.45) is 13.5.